The van der Waals surface area contributed by atoms with Crippen LogP contribution in [0.2, 0.25) is 0 Å². The van der Waals surface area contributed by atoms with Gasteiger partial charge in [0.25, 0.3) is 0 Å². The first kappa shape index (κ1) is 21.8. The summed E-state index contributed by atoms with van der Waals surface area (Å²) in [5.41, 5.74) is 4.03. The lowest BCUT2D eigenvalue weighted by molar-refractivity contribution is 0.0133. The first-order valence-electron chi connectivity index (χ1n) is 9.29. The molecule has 0 radical (unpaired) electrons. The number of aliphatic hydroxyl groups is 1. The molecule has 0 unspecified atom stereocenters. The van der Waals surface area contributed by atoms with Gasteiger partial charge in [0.05, 0.1) is 6.54 Å². The molecule has 3 N–H and O–H groups in total. The van der Waals surface area contributed by atoms with Gasteiger partial charge in [-0.2, -0.15) is 16.9 Å². The minimum absolute atomic E-state index is 0.0419. The molecule has 1 aromatic heterocycles. The number of unbranched alkanes of at least 4 members (excludes halogenated alkanes) is 4. The van der Waals surface area contributed by atoms with Gasteiger partial charge in [0.2, 0.25) is 0 Å². The number of nitrogens with two attached hydrogens (primary N) is 1. The predicted molar refractivity (Wildman–Crippen MR) is 104 cm³/mol. The van der Waals surface area contributed by atoms with E-state index < -0.39 is 17.2 Å². The number of aromatic nitrogens is 3. The number of halogens is 2. The van der Waals surface area contributed by atoms with E-state index in [1.165, 1.54) is 29.5 Å². The number of hydrogen-bond donors (Lipinski definition) is 2. The van der Waals surface area contributed by atoms with Crippen LogP contribution in [0.3, 0.4) is 0 Å². The highest BCUT2D eigenvalue weighted by Crippen LogP contribution is 2.36. The van der Waals surface area contributed by atoms with E-state index in [9.17, 15) is 13.9 Å². The average molecular weight is 399 g/mol. The highest BCUT2D eigenvalue weighted by molar-refractivity contribution is 7.99. The van der Waals surface area contributed by atoms with Crippen molar-refractivity contribution in [3.63, 3.8) is 0 Å². The zero-order valence-corrected chi connectivity index (χ0v) is 16.5. The van der Waals surface area contributed by atoms with Gasteiger partial charge in [0.15, 0.2) is 0 Å². The Kier molecular flexibility index (Phi) is 8.66. The van der Waals surface area contributed by atoms with Crippen molar-refractivity contribution in [2.75, 3.05) is 12.3 Å². The third-order valence-corrected chi connectivity index (χ3v) is 6.07. The number of rotatable bonds is 12. The van der Waals surface area contributed by atoms with Crippen molar-refractivity contribution in [3.05, 3.63) is 48.1 Å². The Morgan fingerprint density at radius 1 is 1.22 bits per heavy atom. The summed E-state index contributed by atoms with van der Waals surface area (Å²) in [5, 5.41) is 15.1. The van der Waals surface area contributed by atoms with E-state index in [1.54, 1.807) is 11.8 Å². The number of nitrogens with zero attached hydrogens (tertiary/aromatic N) is 3. The van der Waals surface area contributed by atoms with Gasteiger partial charge >= 0.3 is 0 Å². The Morgan fingerprint density at radius 3 is 2.63 bits per heavy atom. The van der Waals surface area contributed by atoms with Crippen LogP contribution in [0, 0.1) is 11.6 Å². The fourth-order valence-corrected chi connectivity index (χ4v) is 4.21. The standard InChI is InChI=1S/C19H28F2N4OS/c1-15(27-10-6-4-2-3-5-9-22)19(26,12-25-14-23-13-24-25)17-8-7-16(20)11-18(17)21/h7-8,11,13-15,26H,2-6,9-10,12,22H2,1H3/t15-,19-/m1/s1. The van der Waals surface area contributed by atoms with Gasteiger partial charge in [0, 0.05) is 16.9 Å². The summed E-state index contributed by atoms with van der Waals surface area (Å²) in [4.78, 5) is 3.88. The number of benzene rings is 1. The fraction of sp³-hybridized carbons (Fsp3) is 0.579. The highest BCUT2D eigenvalue weighted by atomic mass is 32.2. The average Bonchev–Trinajstić information content (AvgIpc) is 3.13. The van der Waals surface area contributed by atoms with Crippen molar-refractivity contribution in [2.24, 2.45) is 5.73 Å². The topological polar surface area (TPSA) is 77.0 Å². The molecule has 1 aromatic carbocycles. The molecular formula is C19H28F2N4OS. The molecule has 8 heteroatoms. The highest BCUT2D eigenvalue weighted by Gasteiger charge is 2.39. The number of hydrogen-bond acceptors (Lipinski definition) is 5. The summed E-state index contributed by atoms with van der Waals surface area (Å²) in [6.45, 7) is 2.63. The van der Waals surface area contributed by atoms with Crippen LogP contribution < -0.4 is 5.73 Å². The van der Waals surface area contributed by atoms with E-state index >= 15 is 0 Å². The maximum absolute atomic E-state index is 14.4. The van der Waals surface area contributed by atoms with Gasteiger partial charge in [0.1, 0.15) is 29.9 Å². The fourth-order valence-electron chi connectivity index (χ4n) is 3.01. The van der Waals surface area contributed by atoms with Crippen LogP contribution in [-0.4, -0.2) is 37.4 Å². The van der Waals surface area contributed by atoms with Crippen LogP contribution in [0.4, 0.5) is 8.78 Å². The SMILES string of the molecule is C[C@@H](SCCCCCCCN)[C@](O)(Cn1cncn1)c1ccc(F)cc1F. The Labute approximate surface area is 163 Å². The molecule has 0 amide bonds. The molecule has 2 aromatic rings. The molecule has 5 nitrogen and oxygen atoms in total. The van der Waals surface area contributed by atoms with Crippen LogP contribution in [0.25, 0.3) is 0 Å². The minimum atomic E-state index is -1.53. The van der Waals surface area contributed by atoms with Crippen molar-refractivity contribution >= 4 is 11.8 Å². The molecule has 150 valence electrons. The third-order valence-electron chi connectivity index (χ3n) is 4.66. The third kappa shape index (κ3) is 6.26. The van der Waals surface area contributed by atoms with Gasteiger partial charge in [-0.05, 0) is 31.2 Å². The Bertz CT molecular complexity index is 686. The van der Waals surface area contributed by atoms with Crippen molar-refractivity contribution in [2.45, 2.75) is 56.4 Å². The van der Waals surface area contributed by atoms with Gasteiger partial charge in [-0.15, -0.1) is 0 Å². The van der Waals surface area contributed by atoms with Crippen molar-refractivity contribution in [1.29, 1.82) is 0 Å². The molecule has 0 saturated carbocycles. The van der Waals surface area contributed by atoms with Crippen LogP contribution >= 0.6 is 11.8 Å². The molecule has 0 saturated heterocycles. The van der Waals surface area contributed by atoms with E-state index in [-0.39, 0.29) is 17.4 Å². The summed E-state index contributed by atoms with van der Waals surface area (Å²) in [6.07, 6.45) is 8.28. The molecular weight excluding hydrogens is 370 g/mol. The zero-order valence-electron chi connectivity index (χ0n) is 15.7. The predicted octanol–water partition coefficient (Wildman–Crippen LogP) is 3.48. The van der Waals surface area contributed by atoms with Crippen molar-refractivity contribution in [3.8, 4) is 0 Å². The summed E-state index contributed by atoms with van der Waals surface area (Å²) in [7, 11) is 0. The van der Waals surface area contributed by atoms with Crippen LogP contribution in [0.5, 0.6) is 0 Å². The summed E-state index contributed by atoms with van der Waals surface area (Å²) >= 11 is 1.58. The molecule has 0 fully saturated rings. The molecule has 0 bridgehead atoms. The second-order valence-corrected chi connectivity index (χ2v) is 8.16. The first-order chi connectivity index (χ1) is 13.0. The van der Waals surface area contributed by atoms with E-state index in [0.717, 1.165) is 50.5 Å². The maximum atomic E-state index is 14.4. The van der Waals surface area contributed by atoms with Gasteiger partial charge in [-0.3, -0.25) is 0 Å². The Morgan fingerprint density at radius 2 is 1.96 bits per heavy atom. The van der Waals surface area contributed by atoms with E-state index in [1.807, 2.05) is 6.92 Å². The monoisotopic (exact) mass is 398 g/mol. The van der Waals surface area contributed by atoms with Gasteiger partial charge in [-0.25, -0.2) is 18.4 Å². The molecule has 27 heavy (non-hydrogen) atoms. The van der Waals surface area contributed by atoms with E-state index in [2.05, 4.69) is 10.1 Å². The Hall–Kier alpha value is -1.51. The quantitative estimate of drug-likeness (QED) is 0.535. The smallest absolute Gasteiger partial charge is 0.137 e. The summed E-state index contributed by atoms with van der Waals surface area (Å²) in [5.74, 6) is -0.573. The van der Waals surface area contributed by atoms with Crippen LogP contribution in [0.15, 0.2) is 30.9 Å². The Balaban J connectivity index is 2.05. The van der Waals surface area contributed by atoms with Gasteiger partial charge in [-0.1, -0.05) is 32.3 Å². The second-order valence-electron chi connectivity index (χ2n) is 6.71. The molecule has 0 spiro atoms. The first-order valence-corrected chi connectivity index (χ1v) is 10.3. The van der Waals surface area contributed by atoms with E-state index in [0.29, 0.717) is 0 Å². The molecule has 0 aliphatic carbocycles. The lowest BCUT2D eigenvalue weighted by atomic mass is 9.90. The molecule has 0 aliphatic rings. The molecule has 2 rings (SSSR count). The second kappa shape index (κ2) is 10.7. The summed E-state index contributed by atoms with van der Waals surface area (Å²) in [6, 6.07) is 3.28. The zero-order chi connectivity index (χ0) is 19.7. The molecule has 2 atom stereocenters. The minimum Gasteiger partial charge on any atom is -0.382 e. The number of thioether (sulfide) groups is 1. The van der Waals surface area contributed by atoms with Crippen molar-refractivity contribution in [1.82, 2.24) is 14.8 Å². The molecule has 1 heterocycles. The lowest BCUT2D eigenvalue weighted by Gasteiger charge is -2.34. The van der Waals surface area contributed by atoms with Crippen LogP contribution in [0.1, 0.15) is 44.6 Å². The maximum Gasteiger partial charge on any atom is 0.137 e. The summed E-state index contributed by atoms with van der Waals surface area (Å²) < 4.78 is 29.2. The van der Waals surface area contributed by atoms with Crippen molar-refractivity contribution < 1.29 is 13.9 Å². The molecule has 0 aliphatic heterocycles. The van der Waals surface area contributed by atoms with E-state index in [4.69, 9.17) is 5.73 Å². The van der Waals surface area contributed by atoms with Crippen LogP contribution in [-0.2, 0) is 12.1 Å². The largest absolute Gasteiger partial charge is 0.382 e. The normalized spacial score (nSPS) is 14.9. The lowest BCUT2D eigenvalue weighted by Crippen LogP contribution is -2.41. The van der Waals surface area contributed by atoms with Gasteiger partial charge < -0.3 is 10.8 Å².